The zero-order chi connectivity index (χ0) is 23.5. The monoisotopic (exact) mass is 434 g/mol. The van der Waals surface area contributed by atoms with Crippen molar-refractivity contribution in [3.05, 3.63) is 29.8 Å². The second-order valence-corrected chi connectivity index (χ2v) is 9.11. The molecule has 0 aliphatic heterocycles. The van der Waals surface area contributed by atoms with Crippen molar-refractivity contribution in [3.8, 4) is 5.75 Å². The smallest absolute Gasteiger partial charge is 0.408 e. The highest BCUT2D eigenvalue weighted by molar-refractivity contribution is 5.82. The maximum atomic E-state index is 12.6. The molecule has 31 heavy (non-hydrogen) atoms. The molecule has 0 aliphatic carbocycles. The molecular formula is C23H34N2O6. The van der Waals surface area contributed by atoms with Gasteiger partial charge in [-0.2, -0.15) is 0 Å². The molecule has 0 heterocycles. The van der Waals surface area contributed by atoms with Crippen LogP contribution in [0.1, 0.15) is 59.9 Å². The first-order valence-electron chi connectivity index (χ1n) is 10.4. The number of benzene rings is 1. The molecule has 1 aromatic rings. The summed E-state index contributed by atoms with van der Waals surface area (Å²) in [6, 6.07) is 6.39. The number of carbonyl (C=O) groups is 2. The van der Waals surface area contributed by atoms with Crippen molar-refractivity contribution in [2.75, 3.05) is 13.2 Å². The van der Waals surface area contributed by atoms with E-state index in [1.165, 1.54) is 6.08 Å². The molecule has 0 saturated carbocycles. The fraction of sp³-hybridized carbons (Fsp3) is 0.609. The molecule has 0 aromatic heterocycles. The van der Waals surface area contributed by atoms with Gasteiger partial charge in [0.1, 0.15) is 23.0 Å². The normalized spacial score (nSPS) is 12.3. The third kappa shape index (κ3) is 12.4. The molecule has 0 spiro atoms. The Balaban J connectivity index is 2.73. The summed E-state index contributed by atoms with van der Waals surface area (Å²) in [5, 5.41) is 2.61. The Morgan fingerprint density at radius 2 is 1.61 bits per heavy atom. The first-order chi connectivity index (χ1) is 14.4. The molecule has 8 heteroatoms. The molecule has 1 atom stereocenters. The van der Waals surface area contributed by atoms with Crippen LogP contribution in [0.2, 0.25) is 0 Å². The Morgan fingerprint density at radius 1 is 1.00 bits per heavy atom. The SMILES string of the molecule is CC(C)(C)OC(=O)NC(Cc1ccc(OCCCCN=C=O)cc1)C(=O)OC(C)(C)C. The Kier molecular flexibility index (Phi) is 10.2. The van der Waals surface area contributed by atoms with E-state index in [9.17, 15) is 14.4 Å². The first-order valence-corrected chi connectivity index (χ1v) is 10.4. The summed E-state index contributed by atoms with van der Waals surface area (Å²) in [7, 11) is 0. The van der Waals surface area contributed by atoms with Crippen molar-refractivity contribution in [1.82, 2.24) is 5.32 Å². The van der Waals surface area contributed by atoms with Crippen LogP contribution in [0.15, 0.2) is 29.3 Å². The number of hydrogen-bond donors (Lipinski definition) is 1. The van der Waals surface area contributed by atoms with Crippen LogP contribution in [0, 0.1) is 0 Å². The molecule has 8 nitrogen and oxygen atoms in total. The maximum absolute atomic E-state index is 12.6. The highest BCUT2D eigenvalue weighted by atomic mass is 16.6. The fourth-order valence-corrected chi connectivity index (χ4v) is 2.50. The number of nitrogens with zero attached hydrogens (tertiary/aromatic N) is 1. The molecule has 0 bridgehead atoms. The van der Waals surface area contributed by atoms with Gasteiger partial charge in [0.2, 0.25) is 6.08 Å². The average Bonchev–Trinajstić information content (AvgIpc) is 2.62. The van der Waals surface area contributed by atoms with Gasteiger partial charge >= 0.3 is 12.1 Å². The highest BCUT2D eigenvalue weighted by Gasteiger charge is 2.28. The van der Waals surface area contributed by atoms with Crippen molar-refractivity contribution in [2.45, 2.75) is 78.0 Å². The largest absolute Gasteiger partial charge is 0.494 e. The second-order valence-electron chi connectivity index (χ2n) is 9.11. The zero-order valence-corrected chi connectivity index (χ0v) is 19.3. The van der Waals surface area contributed by atoms with E-state index in [-0.39, 0.29) is 6.42 Å². The maximum Gasteiger partial charge on any atom is 0.408 e. The van der Waals surface area contributed by atoms with Crippen molar-refractivity contribution in [2.24, 2.45) is 4.99 Å². The van der Waals surface area contributed by atoms with E-state index in [2.05, 4.69) is 10.3 Å². The van der Waals surface area contributed by atoms with Crippen LogP contribution in [0.3, 0.4) is 0 Å². The predicted octanol–water partition coefficient (Wildman–Crippen LogP) is 3.96. The lowest BCUT2D eigenvalue weighted by atomic mass is 10.1. The number of hydrogen-bond acceptors (Lipinski definition) is 7. The Labute approximate surface area is 184 Å². The van der Waals surface area contributed by atoms with Crippen LogP contribution in [0.25, 0.3) is 0 Å². The minimum atomic E-state index is -0.890. The van der Waals surface area contributed by atoms with E-state index in [4.69, 9.17) is 14.2 Å². The second kappa shape index (κ2) is 12.1. The number of aliphatic imine (C=N–C) groups is 1. The third-order valence-electron chi connectivity index (χ3n) is 3.74. The van der Waals surface area contributed by atoms with E-state index in [0.29, 0.717) is 18.9 Å². The molecule has 0 saturated heterocycles. The lowest BCUT2D eigenvalue weighted by molar-refractivity contribution is -0.157. The summed E-state index contributed by atoms with van der Waals surface area (Å²) in [4.78, 5) is 38.3. The molecule has 172 valence electrons. The standard InChI is InChI=1S/C23H34N2O6/c1-22(2,3)30-20(27)19(25-21(28)31-23(4,5)6)15-17-9-11-18(12-10-17)29-14-8-7-13-24-16-26/h9-12,19H,7-8,13-15H2,1-6H3,(H,25,28). The molecular weight excluding hydrogens is 400 g/mol. The summed E-state index contributed by atoms with van der Waals surface area (Å²) in [6.45, 7) is 11.5. The summed E-state index contributed by atoms with van der Waals surface area (Å²) >= 11 is 0. The van der Waals surface area contributed by atoms with E-state index < -0.39 is 29.3 Å². The van der Waals surface area contributed by atoms with E-state index >= 15 is 0 Å². The summed E-state index contributed by atoms with van der Waals surface area (Å²) in [6.07, 6.45) is 2.60. The number of rotatable bonds is 10. The van der Waals surface area contributed by atoms with Gasteiger partial charge in [-0.1, -0.05) is 12.1 Å². The molecule has 0 radical (unpaired) electrons. The number of ether oxygens (including phenoxy) is 3. The summed E-state index contributed by atoms with van der Waals surface area (Å²) < 4.78 is 16.4. The Morgan fingerprint density at radius 3 is 2.16 bits per heavy atom. The lowest BCUT2D eigenvalue weighted by Crippen LogP contribution is -2.47. The van der Waals surface area contributed by atoms with Crippen LogP contribution in [-0.2, 0) is 25.5 Å². The van der Waals surface area contributed by atoms with E-state index in [0.717, 1.165) is 18.4 Å². The molecule has 1 amide bonds. The molecule has 0 aliphatic rings. The molecule has 1 N–H and O–H groups in total. The van der Waals surface area contributed by atoms with Gasteiger partial charge < -0.3 is 19.5 Å². The highest BCUT2D eigenvalue weighted by Crippen LogP contribution is 2.16. The van der Waals surface area contributed by atoms with Gasteiger partial charge in [0.25, 0.3) is 0 Å². The van der Waals surface area contributed by atoms with Gasteiger partial charge in [0.15, 0.2) is 0 Å². The van der Waals surface area contributed by atoms with Crippen LogP contribution in [0.4, 0.5) is 4.79 Å². The number of amides is 1. The van der Waals surface area contributed by atoms with Gasteiger partial charge in [-0.25, -0.2) is 19.4 Å². The number of carbonyl (C=O) groups excluding carboxylic acids is 3. The van der Waals surface area contributed by atoms with Gasteiger partial charge in [0, 0.05) is 6.42 Å². The van der Waals surface area contributed by atoms with Crippen LogP contribution in [-0.4, -0.2) is 48.5 Å². The van der Waals surface area contributed by atoms with Crippen LogP contribution >= 0.6 is 0 Å². The van der Waals surface area contributed by atoms with Crippen molar-refractivity contribution >= 4 is 18.1 Å². The Hall–Kier alpha value is -2.86. The Bertz CT molecular complexity index is 756. The van der Waals surface area contributed by atoms with Crippen molar-refractivity contribution in [3.63, 3.8) is 0 Å². The number of isocyanates is 1. The first kappa shape index (κ1) is 26.2. The quantitative estimate of drug-likeness (QED) is 0.259. The summed E-state index contributed by atoms with van der Waals surface area (Å²) in [5.41, 5.74) is -0.527. The van der Waals surface area contributed by atoms with Gasteiger partial charge in [0.05, 0.1) is 13.2 Å². The fourth-order valence-electron chi connectivity index (χ4n) is 2.50. The molecule has 0 fully saturated rings. The molecule has 1 aromatic carbocycles. The van der Waals surface area contributed by atoms with Crippen molar-refractivity contribution in [1.29, 1.82) is 0 Å². The van der Waals surface area contributed by atoms with Crippen LogP contribution < -0.4 is 10.1 Å². The van der Waals surface area contributed by atoms with Crippen molar-refractivity contribution < 1.29 is 28.6 Å². The van der Waals surface area contributed by atoms with E-state index in [1.807, 2.05) is 12.1 Å². The zero-order valence-electron chi connectivity index (χ0n) is 19.3. The number of unbranched alkanes of at least 4 members (excludes halogenated alkanes) is 1. The lowest BCUT2D eigenvalue weighted by Gasteiger charge is -2.26. The number of alkyl carbamates (subject to hydrolysis) is 1. The number of nitrogens with one attached hydrogen (secondary N) is 1. The molecule has 1 unspecified atom stereocenters. The summed E-state index contributed by atoms with van der Waals surface area (Å²) in [5.74, 6) is 0.160. The topological polar surface area (TPSA) is 103 Å². The van der Waals surface area contributed by atoms with Crippen LogP contribution in [0.5, 0.6) is 5.75 Å². The van der Waals surface area contributed by atoms with Gasteiger partial charge in [-0.15, -0.1) is 0 Å². The molecule has 1 rings (SSSR count). The van der Waals surface area contributed by atoms with Gasteiger partial charge in [-0.3, -0.25) is 0 Å². The van der Waals surface area contributed by atoms with Gasteiger partial charge in [-0.05, 0) is 72.1 Å². The van der Waals surface area contributed by atoms with E-state index in [1.54, 1.807) is 53.7 Å². The average molecular weight is 435 g/mol. The third-order valence-corrected chi connectivity index (χ3v) is 3.74. The minimum absolute atomic E-state index is 0.248. The number of esters is 1. The predicted molar refractivity (Wildman–Crippen MR) is 117 cm³/mol. The minimum Gasteiger partial charge on any atom is -0.494 e.